The number of nitrogens with zero attached hydrogens (tertiary/aromatic N) is 2. The van der Waals surface area contributed by atoms with Crippen molar-refractivity contribution in [2.45, 2.75) is 12.5 Å². The van der Waals surface area contributed by atoms with Gasteiger partial charge in [0.1, 0.15) is 16.9 Å². The highest BCUT2D eigenvalue weighted by atomic mass is 35.5. The van der Waals surface area contributed by atoms with Crippen molar-refractivity contribution in [2.75, 3.05) is 5.32 Å². The van der Waals surface area contributed by atoms with E-state index in [4.69, 9.17) is 22.0 Å². The van der Waals surface area contributed by atoms with Gasteiger partial charge < -0.3 is 10.4 Å². The van der Waals surface area contributed by atoms with E-state index < -0.39 is 11.9 Å². The predicted octanol–water partition coefficient (Wildman–Crippen LogP) is 2.05. The monoisotopic (exact) mass is 263 g/mol. The number of rotatable bonds is 3. The topological polar surface area (TPSA) is 86.0 Å². The van der Waals surface area contributed by atoms with Crippen LogP contribution in [0.2, 0.25) is 5.02 Å². The Morgan fingerprint density at radius 3 is 3.00 bits per heavy atom. The molecule has 2 N–H and O–H groups in total. The van der Waals surface area contributed by atoms with E-state index in [1.165, 1.54) is 12.3 Å². The van der Waals surface area contributed by atoms with Crippen molar-refractivity contribution in [3.05, 3.63) is 35.0 Å². The Kier molecular flexibility index (Phi) is 3.49. The molecule has 5 nitrogen and oxygen atoms in total. The Hall–Kier alpha value is -2.06. The normalized spacial score (nSPS) is 21.6. The third-order valence-corrected chi connectivity index (χ3v) is 3.12. The van der Waals surface area contributed by atoms with E-state index in [0.29, 0.717) is 17.8 Å². The van der Waals surface area contributed by atoms with Gasteiger partial charge in [-0.05, 0) is 12.5 Å². The van der Waals surface area contributed by atoms with E-state index in [-0.39, 0.29) is 11.1 Å². The molecule has 0 saturated carbocycles. The van der Waals surface area contributed by atoms with Crippen LogP contribution in [0.3, 0.4) is 0 Å². The first-order valence-corrected chi connectivity index (χ1v) is 5.72. The van der Waals surface area contributed by atoms with Crippen LogP contribution in [-0.4, -0.2) is 22.1 Å². The van der Waals surface area contributed by atoms with Crippen molar-refractivity contribution >= 4 is 23.4 Å². The summed E-state index contributed by atoms with van der Waals surface area (Å²) in [6.45, 7) is 0. The molecule has 6 heteroatoms. The minimum absolute atomic E-state index is 0.134. The highest BCUT2D eigenvalue weighted by Gasteiger charge is 2.25. The fourth-order valence-electron chi connectivity index (χ4n) is 1.80. The number of aromatic nitrogens is 1. The van der Waals surface area contributed by atoms with E-state index in [2.05, 4.69) is 10.3 Å². The SMILES string of the molecule is N#Cc1ccnc(NC2C=CC(C(=O)O)C2)c1Cl. The number of halogens is 1. The zero-order chi connectivity index (χ0) is 13.1. The summed E-state index contributed by atoms with van der Waals surface area (Å²) in [7, 11) is 0. The molecule has 0 fully saturated rings. The second-order valence-electron chi connectivity index (χ2n) is 3.95. The number of hydrogen-bond acceptors (Lipinski definition) is 4. The number of carboxylic acid groups (broad SMARTS) is 1. The van der Waals surface area contributed by atoms with Crippen LogP contribution in [0.15, 0.2) is 24.4 Å². The van der Waals surface area contributed by atoms with Crippen molar-refractivity contribution in [3.63, 3.8) is 0 Å². The lowest BCUT2D eigenvalue weighted by molar-refractivity contribution is -0.140. The quantitative estimate of drug-likeness (QED) is 0.815. The number of aliphatic carboxylic acids is 1. The number of nitriles is 1. The Labute approximate surface area is 109 Å². The van der Waals surface area contributed by atoms with Crippen LogP contribution in [0.5, 0.6) is 0 Å². The van der Waals surface area contributed by atoms with Crippen LogP contribution in [0.4, 0.5) is 5.82 Å². The predicted molar refractivity (Wildman–Crippen MR) is 66.3 cm³/mol. The van der Waals surface area contributed by atoms with Crippen molar-refractivity contribution in [1.29, 1.82) is 5.26 Å². The Balaban J connectivity index is 2.11. The number of carboxylic acids is 1. The molecule has 0 spiro atoms. The molecule has 1 aromatic rings. The summed E-state index contributed by atoms with van der Waals surface area (Å²) < 4.78 is 0. The summed E-state index contributed by atoms with van der Waals surface area (Å²) in [5.74, 6) is -0.933. The number of pyridine rings is 1. The average molecular weight is 264 g/mol. The summed E-state index contributed by atoms with van der Waals surface area (Å²) in [5, 5.41) is 21.0. The maximum Gasteiger partial charge on any atom is 0.310 e. The minimum Gasteiger partial charge on any atom is -0.481 e. The van der Waals surface area contributed by atoms with Crippen LogP contribution < -0.4 is 5.32 Å². The zero-order valence-corrected chi connectivity index (χ0v) is 10.1. The second-order valence-corrected chi connectivity index (χ2v) is 4.33. The summed E-state index contributed by atoms with van der Waals surface area (Å²) >= 11 is 6.00. The standard InChI is InChI=1S/C12H10ClN3O2/c13-10-8(6-14)3-4-15-11(10)16-9-2-1-7(5-9)12(17)18/h1-4,7,9H,5H2,(H,15,16)(H,17,18). The van der Waals surface area contributed by atoms with Gasteiger partial charge in [0.15, 0.2) is 0 Å². The van der Waals surface area contributed by atoms with E-state index in [1.807, 2.05) is 6.07 Å². The number of hydrogen-bond donors (Lipinski definition) is 2. The molecule has 1 aromatic heterocycles. The van der Waals surface area contributed by atoms with Gasteiger partial charge in [-0.15, -0.1) is 0 Å². The van der Waals surface area contributed by atoms with Gasteiger partial charge in [-0.3, -0.25) is 4.79 Å². The zero-order valence-electron chi connectivity index (χ0n) is 9.30. The number of carbonyl (C=O) groups is 1. The molecule has 2 rings (SSSR count). The average Bonchev–Trinajstić information content (AvgIpc) is 2.80. The van der Waals surface area contributed by atoms with Gasteiger partial charge in [-0.2, -0.15) is 5.26 Å². The van der Waals surface area contributed by atoms with Gasteiger partial charge >= 0.3 is 5.97 Å². The maximum atomic E-state index is 10.8. The number of nitrogens with one attached hydrogen (secondary N) is 1. The molecule has 2 atom stereocenters. The largest absolute Gasteiger partial charge is 0.481 e. The molecule has 0 aliphatic heterocycles. The Bertz CT molecular complexity index is 551. The second kappa shape index (κ2) is 5.07. The molecular weight excluding hydrogens is 254 g/mol. The van der Waals surface area contributed by atoms with E-state index >= 15 is 0 Å². The van der Waals surface area contributed by atoms with Gasteiger partial charge in [-0.25, -0.2) is 4.98 Å². The highest BCUT2D eigenvalue weighted by molar-refractivity contribution is 6.34. The minimum atomic E-state index is -0.847. The van der Waals surface area contributed by atoms with E-state index in [0.717, 1.165) is 0 Å². The van der Waals surface area contributed by atoms with Gasteiger partial charge in [0.05, 0.1) is 11.5 Å². The van der Waals surface area contributed by atoms with Crippen LogP contribution in [0.25, 0.3) is 0 Å². The van der Waals surface area contributed by atoms with Gasteiger partial charge in [0, 0.05) is 12.2 Å². The lowest BCUT2D eigenvalue weighted by Crippen LogP contribution is -2.19. The molecule has 1 heterocycles. The van der Waals surface area contributed by atoms with Crippen molar-refractivity contribution in [3.8, 4) is 6.07 Å². The Morgan fingerprint density at radius 1 is 1.61 bits per heavy atom. The van der Waals surface area contributed by atoms with E-state index in [9.17, 15) is 4.79 Å². The first kappa shape index (κ1) is 12.4. The summed E-state index contributed by atoms with van der Waals surface area (Å²) in [6, 6.07) is 3.36. The van der Waals surface area contributed by atoms with Crippen LogP contribution >= 0.6 is 11.6 Å². The molecule has 1 aliphatic rings. The van der Waals surface area contributed by atoms with Gasteiger partial charge in [0.25, 0.3) is 0 Å². The molecule has 2 unspecified atom stereocenters. The first-order valence-electron chi connectivity index (χ1n) is 5.34. The van der Waals surface area contributed by atoms with Crippen molar-refractivity contribution in [1.82, 2.24) is 4.98 Å². The third-order valence-electron chi connectivity index (χ3n) is 2.73. The lowest BCUT2D eigenvalue weighted by Gasteiger charge is -2.14. The van der Waals surface area contributed by atoms with Crippen LogP contribution in [-0.2, 0) is 4.79 Å². The van der Waals surface area contributed by atoms with Crippen LogP contribution in [0, 0.1) is 17.2 Å². The molecule has 92 valence electrons. The van der Waals surface area contributed by atoms with E-state index in [1.54, 1.807) is 12.2 Å². The maximum absolute atomic E-state index is 10.8. The molecule has 18 heavy (non-hydrogen) atoms. The third kappa shape index (κ3) is 2.44. The first-order chi connectivity index (χ1) is 8.61. The van der Waals surface area contributed by atoms with Crippen molar-refractivity contribution in [2.24, 2.45) is 5.92 Å². The Morgan fingerprint density at radius 2 is 2.39 bits per heavy atom. The molecular formula is C12H10ClN3O2. The summed E-state index contributed by atoms with van der Waals surface area (Å²) in [5.41, 5.74) is 0.339. The van der Waals surface area contributed by atoms with Gasteiger partial charge in [0.2, 0.25) is 0 Å². The van der Waals surface area contributed by atoms with Gasteiger partial charge in [-0.1, -0.05) is 23.8 Å². The van der Waals surface area contributed by atoms with Crippen molar-refractivity contribution < 1.29 is 9.90 Å². The fraction of sp³-hybridized carbons (Fsp3) is 0.250. The highest BCUT2D eigenvalue weighted by Crippen LogP contribution is 2.26. The molecule has 0 bridgehead atoms. The molecule has 0 radical (unpaired) electrons. The smallest absolute Gasteiger partial charge is 0.310 e. The molecule has 0 amide bonds. The summed E-state index contributed by atoms with van der Waals surface area (Å²) in [6.07, 6.45) is 5.35. The summed E-state index contributed by atoms with van der Waals surface area (Å²) in [4.78, 5) is 14.8. The molecule has 0 saturated heterocycles. The lowest BCUT2D eigenvalue weighted by atomic mass is 10.1. The number of anilines is 1. The molecule has 0 aromatic carbocycles. The fourth-order valence-corrected chi connectivity index (χ4v) is 2.00. The van der Waals surface area contributed by atoms with Crippen LogP contribution in [0.1, 0.15) is 12.0 Å². The molecule has 1 aliphatic carbocycles.